The molecule has 0 N–H and O–H groups in total. The molecular formula is C9H16. The fourth-order valence-electron chi connectivity index (χ4n) is 1.54. The van der Waals surface area contributed by atoms with E-state index in [1.807, 2.05) is 0 Å². The summed E-state index contributed by atoms with van der Waals surface area (Å²) in [4.78, 5) is 0. The minimum Gasteiger partial charge on any atom is -0.0993 e. The third-order valence-electron chi connectivity index (χ3n) is 2.19. The van der Waals surface area contributed by atoms with Crippen molar-refractivity contribution >= 4 is 0 Å². The topological polar surface area (TPSA) is 0 Å². The van der Waals surface area contributed by atoms with Crippen molar-refractivity contribution in [2.45, 2.75) is 33.6 Å². The lowest BCUT2D eigenvalue weighted by Crippen LogP contribution is -1.98. The largest absolute Gasteiger partial charge is 0.0993 e. The van der Waals surface area contributed by atoms with Gasteiger partial charge in [0.1, 0.15) is 0 Å². The van der Waals surface area contributed by atoms with Gasteiger partial charge in [-0.2, -0.15) is 0 Å². The van der Waals surface area contributed by atoms with E-state index in [1.54, 1.807) is 0 Å². The van der Waals surface area contributed by atoms with Crippen molar-refractivity contribution in [2.75, 3.05) is 0 Å². The van der Waals surface area contributed by atoms with Crippen LogP contribution in [0.5, 0.6) is 0 Å². The summed E-state index contributed by atoms with van der Waals surface area (Å²) in [6.07, 6.45) is 2.59. The Bertz CT molecular complexity index is 133. The van der Waals surface area contributed by atoms with E-state index in [0.29, 0.717) is 5.41 Å². The standard InChI is InChI=1S/C9H16/c1-7(2)5-9(4)6-8(9)3/h7H,3,5-6H2,1-2,4H3. The zero-order chi connectivity index (χ0) is 7.07. The van der Waals surface area contributed by atoms with Gasteiger partial charge in [0.15, 0.2) is 0 Å². The maximum atomic E-state index is 3.97. The SMILES string of the molecule is C=C1CC1(C)CC(C)C. The fourth-order valence-corrected chi connectivity index (χ4v) is 1.54. The number of allylic oxidation sites excluding steroid dienone is 1. The Kier molecular flexibility index (Phi) is 1.42. The highest BCUT2D eigenvalue weighted by molar-refractivity contribution is 5.27. The molecule has 0 saturated heterocycles. The van der Waals surface area contributed by atoms with Crippen LogP contribution in [0.3, 0.4) is 0 Å². The molecule has 0 aliphatic heterocycles. The molecule has 0 heterocycles. The molecule has 0 spiro atoms. The first kappa shape index (κ1) is 6.85. The summed E-state index contributed by atoms with van der Waals surface area (Å²) in [7, 11) is 0. The lowest BCUT2D eigenvalue weighted by atomic mass is 9.96. The summed E-state index contributed by atoms with van der Waals surface area (Å²) in [5.74, 6) is 0.828. The molecule has 0 amide bonds. The van der Waals surface area contributed by atoms with Crippen molar-refractivity contribution in [1.29, 1.82) is 0 Å². The zero-order valence-electron chi connectivity index (χ0n) is 6.70. The van der Waals surface area contributed by atoms with Gasteiger partial charge in [-0.1, -0.05) is 32.9 Å². The number of hydrogen-bond acceptors (Lipinski definition) is 0. The van der Waals surface area contributed by atoms with Crippen molar-refractivity contribution in [1.82, 2.24) is 0 Å². The lowest BCUT2D eigenvalue weighted by molar-refractivity contribution is 0.439. The highest BCUT2D eigenvalue weighted by Gasteiger charge is 2.42. The van der Waals surface area contributed by atoms with Gasteiger partial charge in [0, 0.05) is 0 Å². The van der Waals surface area contributed by atoms with Crippen molar-refractivity contribution in [2.24, 2.45) is 11.3 Å². The van der Waals surface area contributed by atoms with Crippen LogP contribution in [0.15, 0.2) is 12.2 Å². The van der Waals surface area contributed by atoms with Gasteiger partial charge in [-0.3, -0.25) is 0 Å². The zero-order valence-corrected chi connectivity index (χ0v) is 6.70. The first-order valence-electron chi connectivity index (χ1n) is 3.73. The van der Waals surface area contributed by atoms with Gasteiger partial charge < -0.3 is 0 Å². The van der Waals surface area contributed by atoms with Crippen LogP contribution in [0.2, 0.25) is 0 Å². The van der Waals surface area contributed by atoms with Gasteiger partial charge in [0.05, 0.1) is 0 Å². The van der Waals surface area contributed by atoms with E-state index in [-0.39, 0.29) is 0 Å². The number of rotatable bonds is 2. The van der Waals surface area contributed by atoms with E-state index in [0.717, 1.165) is 5.92 Å². The first-order chi connectivity index (χ1) is 4.04. The van der Waals surface area contributed by atoms with Crippen LogP contribution in [0.25, 0.3) is 0 Å². The van der Waals surface area contributed by atoms with Crippen molar-refractivity contribution in [3.05, 3.63) is 12.2 Å². The Morgan fingerprint density at radius 3 is 2.22 bits per heavy atom. The lowest BCUT2D eigenvalue weighted by Gasteiger charge is -2.09. The van der Waals surface area contributed by atoms with Crippen molar-refractivity contribution in [3.8, 4) is 0 Å². The van der Waals surface area contributed by atoms with Crippen LogP contribution < -0.4 is 0 Å². The molecule has 0 radical (unpaired) electrons. The molecular weight excluding hydrogens is 108 g/mol. The highest BCUT2D eigenvalue weighted by atomic mass is 14.5. The van der Waals surface area contributed by atoms with E-state index in [1.165, 1.54) is 18.4 Å². The molecule has 1 aliphatic rings. The summed E-state index contributed by atoms with van der Waals surface area (Å²) in [5, 5.41) is 0. The molecule has 0 aromatic rings. The molecule has 0 heteroatoms. The van der Waals surface area contributed by atoms with Gasteiger partial charge in [-0.25, -0.2) is 0 Å². The molecule has 1 saturated carbocycles. The summed E-state index contributed by atoms with van der Waals surface area (Å²) in [6.45, 7) is 10.8. The summed E-state index contributed by atoms with van der Waals surface area (Å²) >= 11 is 0. The molecule has 1 atom stereocenters. The van der Waals surface area contributed by atoms with Crippen LogP contribution in [0.1, 0.15) is 33.6 Å². The van der Waals surface area contributed by atoms with Crippen LogP contribution in [0.4, 0.5) is 0 Å². The molecule has 1 rings (SSSR count). The van der Waals surface area contributed by atoms with Gasteiger partial charge in [0.25, 0.3) is 0 Å². The quantitative estimate of drug-likeness (QED) is 0.496. The average molecular weight is 124 g/mol. The Balaban J connectivity index is 2.37. The summed E-state index contributed by atoms with van der Waals surface area (Å²) < 4.78 is 0. The van der Waals surface area contributed by atoms with Crippen LogP contribution in [0, 0.1) is 11.3 Å². The van der Waals surface area contributed by atoms with Crippen LogP contribution in [-0.4, -0.2) is 0 Å². The van der Waals surface area contributed by atoms with Crippen molar-refractivity contribution in [3.63, 3.8) is 0 Å². The predicted octanol–water partition coefficient (Wildman–Crippen LogP) is 3.00. The second-order valence-corrected chi connectivity index (χ2v) is 3.94. The molecule has 0 nitrogen and oxygen atoms in total. The van der Waals surface area contributed by atoms with Gasteiger partial charge in [-0.15, -0.1) is 0 Å². The van der Waals surface area contributed by atoms with Crippen molar-refractivity contribution < 1.29 is 0 Å². The predicted molar refractivity (Wildman–Crippen MR) is 41.3 cm³/mol. The Hall–Kier alpha value is -0.260. The molecule has 9 heavy (non-hydrogen) atoms. The molecule has 1 fully saturated rings. The molecule has 0 aromatic carbocycles. The third kappa shape index (κ3) is 1.35. The fraction of sp³-hybridized carbons (Fsp3) is 0.778. The Morgan fingerprint density at radius 2 is 2.11 bits per heavy atom. The third-order valence-corrected chi connectivity index (χ3v) is 2.19. The maximum Gasteiger partial charge on any atom is -0.00791 e. The van der Waals surface area contributed by atoms with E-state index in [4.69, 9.17) is 0 Å². The highest BCUT2D eigenvalue weighted by Crippen LogP contribution is 2.54. The molecule has 0 aromatic heterocycles. The normalized spacial score (nSPS) is 33.6. The van der Waals surface area contributed by atoms with Crippen LogP contribution >= 0.6 is 0 Å². The van der Waals surface area contributed by atoms with Gasteiger partial charge in [0.2, 0.25) is 0 Å². The second-order valence-electron chi connectivity index (χ2n) is 3.94. The van der Waals surface area contributed by atoms with E-state index in [2.05, 4.69) is 27.4 Å². The number of hydrogen-bond donors (Lipinski definition) is 0. The van der Waals surface area contributed by atoms with Gasteiger partial charge in [-0.05, 0) is 24.2 Å². The van der Waals surface area contributed by atoms with Crippen LogP contribution in [-0.2, 0) is 0 Å². The van der Waals surface area contributed by atoms with E-state index < -0.39 is 0 Å². The monoisotopic (exact) mass is 124 g/mol. The minimum atomic E-state index is 0.536. The van der Waals surface area contributed by atoms with E-state index in [9.17, 15) is 0 Å². The summed E-state index contributed by atoms with van der Waals surface area (Å²) in [6, 6.07) is 0. The smallest absolute Gasteiger partial charge is 0.00791 e. The van der Waals surface area contributed by atoms with Gasteiger partial charge >= 0.3 is 0 Å². The second kappa shape index (κ2) is 1.86. The molecule has 52 valence electrons. The molecule has 1 unspecified atom stereocenters. The summed E-state index contributed by atoms with van der Waals surface area (Å²) in [5.41, 5.74) is 1.99. The molecule has 0 bridgehead atoms. The average Bonchev–Trinajstić information content (AvgIpc) is 2.10. The molecule has 1 aliphatic carbocycles. The first-order valence-corrected chi connectivity index (χ1v) is 3.73. The van der Waals surface area contributed by atoms with E-state index >= 15 is 0 Å². The maximum absolute atomic E-state index is 3.97. The Labute approximate surface area is 58.0 Å². The minimum absolute atomic E-state index is 0.536. The Morgan fingerprint density at radius 1 is 1.67 bits per heavy atom.